The fourth-order valence-electron chi connectivity index (χ4n) is 2.60. The molecule has 124 valence electrons. The number of carbonyl (C=O) groups is 1. The Bertz CT molecular complexity index is 298. The van der Waals surface area contributed by atoms with Gasteiger partial charge in [0.1, 0.15) is 0 Å². The van der Waals surface area contributed by atoms with Crippen molar-refractivity contribution in [1.82, 2.24) is 5.43 Å². The van der Waals surface area contributed by atoms with Crippen molar-refractivity contribution in [3.05, 3.63) is 12.2 Å². The first-order chi connectivity index (χ1) is 9.95. The maximum atomic E-state index is 11.5. The minimum atomic E-state index is -0.243. The van der Waals surface area contributed by atoms with Crippen LogP contribution in [0.25, 0.3) is 0 Å². The molecule has 0 radical (unpaired) electrons. The molecular weight excluding hydrogens is 260 g/mol. The lowest BCUT2D eigenvalue weighted by Crippen LogP contribution is -2.35. The molecule has 0 aromatic carbocycles. The largest absolute Gasteiger partial charge is 0.290 e. The maximum absolute atomic E-state index is 11.5. The van der Waals surface area contributed by atoms with Crippen molar-refractivity contribution in [2.45, 2.75) is 91.4 Å². The summed E-state index contributed by atoms with van der Waals surface area (Å²) in [7, 11) is 0. The van der Waals surface area contributed by atoms with Gasteiger partial charge in [0.15, 0.2) is 0 Å². The molecule has 0 unspecified atom stereocenters. The zero-order chi connectivity index (χ0) is 16.1. The van der Waals surface area contributed by atoms with Crippen LogP contribution >= 0.6 is 0 Å². The minimum absolute atomic E-state index is 0.163. The Labute approximate surface area is 131 Å². The highest BCUT2D eigenvalue weighted by molar-refractivity contribution is 5.93. The standard InChI is InChI=1S/C18H36N2O/c1-5-6-7-8-9-10-11-12-13-14-15-18(3,4)16(2)17(21)20-19/h2,5-15,19H2,1,3-4H3,(H,20,21). The Balaban J connectivity index is 3.57. The third kappa shape index (κ3) is 9.67. The minimum Gasteiger partial charge on any atom is -0.290 e. The van der Waals surface area contributed by atoms with E-state index in [0.717, 1.165) is 12.8 Å². The number of carbonyl (C=O) groups excluding carboxylic acids is 1. The molecule has 0 spiro atoms. The van der Waals surface area contributed by atoms with E-state index < -0.39 is 0 Å². The molecule has 0 aromatic heterocycles. The molecule has 0 bridgehead atoms. The maximum Gasteiger partial charge on any atom is 0.261 e. The van der Waals surface area contributed by atoms with Gasteiger partial charge in [0.25, 0.3) is 5.91 Å². The predicted molar refractivity (Wildman–Crippen MR) is 91.7 cm³/mol. The van der Waals surface area contributed by atoms with Gasteiger partial charge in [-0.1, -0.05) is 91.6 Å². The number of amides is 1. The van der Waals surface area contributed by atoms with Crippen LogP contribution in [-0.2, 0) is 4.79 Å². The van der Waals surface area contributed by atoms with Gasteiger partial charge in [-0.3, -0.25) is 10.2 Å². The first kappa shape index (κ1) is 20.2. The van der Waals surface area contributed by atoms with E-state index in [1.807, 2.05) is 0 Å². The molecule has 0 saturated heterocycles. The summed E-state index contributed by atoms with van der Waals surface area (Å²) in [4.78, 5) is 11.5. The topological polar surface area (TPSA) is 55.1 Å². The van der Waals surface area contributed by atoms with E-state index in [2.05, 4.69) is 32.8 Å². The van der Waals surface area contributed by atoms with E-state index in [1.165, 1.54) is 57.8 Å². The van der Waals surface area contributed by atoms with Crippen LogP contribution in [0.2, 0.25) is 0 Å². The summed E-state index contributed by atoms with van der Waals surface area (Å²) in [6.45, 7) is 10.3. The number of hydrogen-bond acceptors (Lipinski definition) is 2. The van der Waals surface area contributed by atoms with E-state index in [9.17, 15) is 4.79 Å². The number of nitrogens with one attached hydrogen (secondary N) is 1. The molecule has 1 amide bonds. The summed E-state index contributed by atoms with van der Waals surface area (Å²) in [6, 6.07) is 0. The molecule has 0 aliphatic carbocycles. The van der Waals surface area contributed by atoms with Gasteiger partial charge in [0, 0.05) is 5.57 Å². The summed E-state index contributed by atoms with van der Waals surface area (Å²) in [6.07, 6.45) is 14.3. The van der Waals surface area contributed by atoms with E-state index in [0.29, 0.717) is 5.57 Å². The van der Waals surface area contributed by atoms with E-state index in [1.54, 1.807) is 0 Å². The summed E-state index contributed by atoms with van der Waals surface area (Å²) in [5.74, 6) is 4.92. The first-order valence-corrected chi connectivity index (χ1v) is 8.66. The fraction of sp³-hybridized carbons (Fsp3) is 0.833. The fourth-order valence-corrected chi connectivity index (χ4v) is 2.60. The molecule has 0 heterocycles. The Morgan fingerprint density at radius 1 is 0.952 bits per heavy atom. The molecule has 3 nitrogen and oxygen atoms in total. The van der Waals surface area contributed by atoms with Crippen molar-refractivity contribution in [3.63, 3.8) is 0 Å². The molecule has 0 aromatic rings. The molecule has 3 N–H and O–H groups in total. The molecule has 0 fully saturated rings. The number of nitrogens with two attached hydrogens (primary N) is 1. The van der Waals surface area contributed by atoms with Crippen LogP contribution in [0.4, 0.5) is 0 Å². The second-order valence-corrected chi connectivity index (χ2v) is 6.77. The van der Waals surface area contributed by atoms with Crippen LogP contribution in [0.1, 0.15) is 91.4 Å². The first-order valence-electron chi connectivity index (χ1n) is 8.66. The monoisotopic (exact) mass is 296 g/mol. The number of unbranched alkanes of at least 4 members (excludes halogenated alkanes) is 9. The van der Waals surface area contributed by atoms with Crippen LogP contribution in [-0.4, -0.2) is 5.91 Å². The second-order valence-electron chi connectivity index (χ2n) is 6.77. The Hall–Kier alpha value is -0.830. The number of rotatable bonds is 13. The van der Waals surface area contributed by atoms with Gasteiger partial charge in [-0.2, -0.15) is 0 Å². The molecular formula is C18H36N2O. The number of hydrazine groups is 1. The predicted octanol–water partition coefficient (Wildman–Crippen LogP) is 4.87. The molecule has 3 heteroatoms. The smallest absolute Gasteiger partial charge is 0.261 e. The lowest BCUT2D eigenvalue weighted by Gasteiger charge is -2.26. The van der Waals surface area contributed by atoms with Crippen LogP contribution in [0.15, 0.2) is 12.2 Å². The third-order valence-electron chi connectivity index (χ3n) is 4.38. The average Bonchev–Trinajstić information content (AvgIpc) is 2.47. The van der Waals surface area contributed by atoms with Crippen LogP contribution < -0.4 is 11.3 Å². The van der Waals surface area contributed by atoms with Gasteiger partial charge in [0.2, 0.25) is 0 Å². The summed E-state index contributed by atoms with van der Waals surface area (Å²) >= 11 is 0. The van der Waals surface area contributed by atoms with Gasteiger partial charge in [-0.25, -0.2) is 5.84 Å². The number of hydrogen-bond donors (Lipinski definition) is 2. The lowest BCUT2D eigenvalue weighted by molar-refractivity contribution is -0.118. The van der Waals surface area contributed by atoms with Gasteiger partial charge >= 0.3 is 0 Å². The second kappa shape index (κ2) is 11.8. The van der Waals surface area contributed by atoms with Crippen molar-refractivity contribution < 1.29 is 4.79 Å². The van der Waals surface area contributed by atoms with Crippen molar-refractivity contribution in [1.29, 1.82) is 0 Å². The lowest BCUT2D eigenvalue weighted by atomic mass is 9.80. The highest BCUT2D eigenvalue weighted by atomic mass is 16.2. The third-order valence-corrected chi connectivity index (χ3v) is 4.38. The van der Waals surface area contributed by atoms with Crippen LogP contribution in [0.5, 0.6) is 0 Å². The molecule has 0 rings (SSSR count). The molecule has 0 aliphatic heterocycles. The van der Waals surface area contributed by atoms with Crippen LogP contribution in [0, 0.1) is 5.41 Å². The molecule has 0 saturated carbocycles. The Morgan fingerprint density at radius 2 is 1.38 bits per heavy atom. The molecule has 21 heavy (non-hydrogen) atoms. The zero-order valence-electron chi connectivity index (χ0n) is 14.5. The van der Waals surface area contributed by atoms with Crippen LogP contribution in [0.3, 0.4) is 0 Å². The summed E-state index contributed by atoms with van der Waals surface area (Å²) in [5.41, 5.74) is 2.59. The average molecular weight is 296 g/mol. The van der Waals surface area contributed by atoms with Crippen molar-refractivity contribution >= 4 is 5.91 Å². The van der Waals surface area contributed by atoms with Crippen molar-refractivity contribution in [2.24, 2.45) is 11.3 Å². The molecule has 0 atom stereocenters. The Kier molecular flexibility index (Phi) is 11.3. The van der Waals surface area contributed by atoms with Crippen molar-refractivity contribution in [3.8, 4) is 0 Å². The highest BCUT2D eigenvalue weighted by Crippen LogP contribution is 2.31. The van der Waals surface area contributed by atoms with E-state index >= 15 is 0 Å². The van der Waals surface area contributed by atoms with E-state index in [4.69, 9.17) is 5.84 Å². The van der Waals surface area contributed by atoms with Gasteiger partial charge < -0.3 is 0 Å². The highest BCUT2D eigenvalue weighted by Gasteiger charge is 2.25. The van der Waals surface area contributed by atoms with E-state index in [-0.39, 0.29) is 11.3 Å². The van der Waals surface area contributed by atoms with Gasteiger partial charge in [0.05, 0.1) is 0 Å². The Morgan fingerprint density at radius 3 is 1.81 bits per heavy atom. The normalized spacial score (nSPS) is 11.4. The zero-order valence-corrected chi connectivity index (χ0v) is 14.5. The van der Waals surface area contributed by atoms with Gasteiger partial charge in [-0.05, 0) is 11.8 Å². The van der Waals surface area contributed by atoms with Gasteiger partial charge in [-0.15, -0.1) is 0 Å². The molecule has 0 aliphatic rings. The SMILES string of the molecule is C=C(C(=O)NN)C(C)(C)CCCCCCCCCCCC. The summed E-state index contributed by atoms with van der Waals surface area (Å²) in [5, 5.41) is 0. The quantitative estimate of drug-likeness (QED) is 0.167. The summed E-state index contributed by atoms with van der Waals surface area (Å²) < 4.78 is 0. The van der Waals surface area contributed by atoms with Crippen molar-refractivity contribution in [2.75, 3.05) is 0 Å².